The van der Waals surface area contributed by atoms with Crippen LogP contribution in [-0.2, 0) is 0 Å². The Balaban J connectivity index is 2.10. The van der Waals surface area contributed by atoms with Crippen LogP contribution in [0.25, 0.3) is 0 Å². The lowest BCUT2D eigenvalue weighted by atomic mass is 9.71. The Kier molecular flexibility index (Phi) is 6.32. The third kappa shape index (κ3) is 6.12. The molecule has 17 heavy (non-hydrogen) atoms. The summed E-state index contributed by atoms with van der Waals surface area (Å²) in [4.78, 5) is 0. The van der Waals surface area contributed by atoms with Gasteiger partial charge < -0.3 is 10.4 Å². The van der Waals surface area contributed by atoms with Gasteiger partial charge in [-0.15, -0.1) is 0 Å². The number of unbranched alkanes of at least 4 members (excludes halogenated alkanes) is 1. The SMILES string of the molecule is CSCCCCNCC1(O)CCC(C)(C)CC1. The van der Waals surface area contributed by atoms with Crippen LogP contribution in [0.15, 0.2) is 0 Å². The van der Waals surface area contributed by atoms with Gasteiger partial charge in [0.1, 0.15) is 0 Å². The zero-order valence-electron chi connectivity index (χ0n) is 11.7. The van der Waals surface area contributed by atoms with Crippen molar-refractivity contribution in [2.45, 2.75) is 58.0 Å². The minimum Gasteiger partial charge on any atom is -0.389 e. The lowest BCUT2D eigenvalue weighted by Crippen LogP contribution is -2.45. The normalized spacial score (nSPS) is 22.6. The highest BCUT2D eigenvalue weighted by Gasteiger charge is 2.36. The molecule has 102 valence electrons. The first kappa shape index (κ1) is 15.3. The zero-order chi connectivity index (χ0) is 12.8. The van der Waals surface area contributed by atoms with Crippen molar-refractivity contribution >= 4 is 11.8 Å². The van der Waals surface area contributed by atoms with Gasteiger partial charge in [-0.3, -0.25) is 0 Å². The van der Waals surface area contributed by atoms with Gasteiger partial charge in [-0.25, -0.2) is 0 Å². The molecule has 0 spiro atoms. The van der Waals surface area contributed by atoms with Gasteiger partial charge in [0.2, 0.25) is 0 Å². The van der Waals surface area contributed by atoms with Gasteiger partial charge in [-0.05, 0) is 62.5 Å². The number of nitrogens with one attached hydrogen (secondary N) is 1. The van der Waals surface area contributed by atoms with E-state index in [9.17, 15) is 5.11 Å². The van der Waals surface area contributed by atoms with Crippen LogP contribution < -0.4 is 5.32 Å². The van der Waals surface area contributed by atoms with Gasteiger partial charge in [-0.2, -0.15) is 11.8 Å². The predicted octanol–water partition coefficient (Wildman–Crippen LogP) is 3.05. The zero-order valence-corrected chi connectivity index (χ0v) is 12.5. The van der Waals surface area contributed by atoms with E-state index in [4.69, 9.17) is 0 Å². The van der Waals surface area contributed by atoms with Crippen molar-refractivity contribution in [3.05, 3.63) is 0 Å². The van der Waals surface area contributed by atoms with Crippen molar-refractivity contribution in [1.29, 1.82) is 0 Å². The fourth-order valence-corrected chi connectivity index (χ4v) is 2.88. The Labute approximate surface area is 111 Å². The van der Waals surface area contributed by atoms with E-state index in [1.54, 1.807) is 0 Å². The Morgan fingerprint density at radius 2 is 1.76 bits per heavy atom. The molecule has 1 rings (SSSR count). The summed E-state index contributed by atoms with van der Waals surface area (Å²) in [5, 5.41) is 13.9. The van der Waals surface area contributed by atoms with Crippen LogP contribution in [0.2, 0.25) is 0 Å². The monoisotopic (exact) mass is 259 g/mol. The largest absolute Gasteiger partial charge is 0.389 e. The second-order valence-corrected chi connectivity index (χ2v) is 7.25. The molecule has 0 saturated heterocycles. The van der Waals surface area contributed by atoms with Gasteiger partial charge >= 0.3 is 0 Å². The Hall–Kier alpha value is 0.270. The maximum absolute atomic E-state index is 10.4. The average molecular weight is 259 g/mol. The van der Waals surface area contributed by atoms with Crippen LogP contribution in [0.3, 0.4) is 0 Å². The van der Waals surface area contributed by atoms with Gasteiger partial charge in [-0.1, -0.05) is 13.8 Å². The molecule has 0 amide bonds. The van der Waals surface area contributed by atoms with Gasteiger partial charge in [0, 0.05) is 6.54 Å². The summed E-state index contributed by atoms with van der Waals surface area (Å²) in [5.74, 6) is 1.25. The smallest absolute Gasteiger partial charge is 0.0772 e. The summed E-state index contributed by atoms with van der Waals surface area (Å²) in [6, 6.07) is 0. The predicted molar refractivity (Wildman–Crippen MR) is 77.7 cm³/mol. The van der Waals surface area contributed by atoms with E-state index in [2.05, 4.69) is 25.4 Å². The topological polar surface area (TPSA) is 32.3 Å². The molecule has 0 heterocycles. The minimum absolute atomic E-state index is 0.435. The van der Waals surface area contributed by atoms with Crippen molar-refractivity contribution < 1.29 is 5.11 Å². The Bertz CT molecular complexity index is 208. The Morgan fingerprint density at radius 3 is 2.35 bits per heavy atom. The van der Waals surface area contributed by atoms with Gasteiger partial charge in [0.15, 0.2) is 0 Å². The van der Waals surface area contributed by atoms with Gasteiger partial charge in [0.05, 0.1) is 5.60 Å². The summed E-state index contributed by atoms with van der Waals surface area (Å²) < 4.78 is 0. The van der Waals surface area contributed by atoms with Crippen LogP contribution in [0.1, 0.15) is 52.4 Å². The molecule has 1 aliphatic carbocycles. The van der Waals surface area contributed by atoms with Crippen LogP contribution in [0.4, 0.5) is 0 Å². The van der Waals surface area contributed by atoms with Gasteiger partial charge in [0.25, 0.3) is 0 Å². The molecule has 0 aromatic rings. The average Bonchev–Trinajstić information content (AvgIpc) is 2.28. The Morgan fingerprint density at radius 1 is 1.12 bits per heavy atom. The molecule has 0 aromatic heterocycles. The molecule has 2 nitrogen and oxygen atoms in total. The van der Waals surface area contributed by atoms with Crippen LogP contribution >= 0.6 is 11.8 Å². The van der Waals surface area contributed by atoms with Crippen LogP contribution in [0, 0.1) is 5.41 Å². The standard InChI is InChI=1S/C14H29NOS/c1-13(2)6-8-14(16,9-7-13)12-15-10-4-5-11-17-3/h15-16H,4-12H2,1-3H3. The van der Waals surface area contributed by atoms with E-state index in [0.717, 1.165) is 38.8 Å². The highest BCUT2D eigenvalue weighted by Crippen LogP contribution is 2.39. The number of thioether (sulfide) groups is 1. The van der Waals surface area contributed by atoms with Crippen molar-refractivity contribution in [2.75, 3.05) is 25.1 Å². The second-order valence-electron chi connectivity index (χ2n) is 6.27. The fourth-order valence-electron chi connectivity index (χ4n) is 2.39. The molecule has 0 radical (unpaired) electrons. The number of hydrogen-bond acceptors (Lipinski definition) is 3. The molecule has 0 unspecified atom stereocenters. The van der Waals surface area contributed by atoms with E-state index < -0.39 is 5.60 Å². The summed E-state index contributed by atoms with van der Waals surface area (Å²) >= 11 is 1.91. The lowest BCUT2D eigenvalue weighted by molar-refractivity contribution is -0.0241. The summed E-state index contributed by atoms with van der Waals surface area (Å²) in [6.45, 7) is 6.44. The molecule has 3 heteroatoms. The lowest BCUT2D eigenvalue weighted by Gasteiger charge is -2.40. The van der Waals surface area contributed by atoms with Crippen molar-refractivity contribution in [3.63, 3.8) is 0 Å². The number of rotatable bonds is 7. The molecule has 0 atom stereocenters. The molecule has 0 bridgehead atoms. The van der Waals surface area contributed by atoms with E-state index in [1.807, 2.05) is 11.8 Å². The first-order chi connectivity index (χ1) is 7.97. The second kappa shape index (κ2) is 7.01. The third-order valence-corrected chi connectivity index (χ3v) is 4.64. The summed E-state index contributed by atoms with van der Waals surface area (Å²) in [7, 11) is 0. The van der Waals surface area contributed by atoms with Crippen molar-refractivity contribution in [3.8, 4) is 0 Å². The molecule has 1 aliphatic rings. The molecule has 1 fully saturated rings. The molecular weight excluding hydrogens is 230 g/mol. The summed E-state index contributed by atoms with van der Waals surface area (Å²) in [5.41, 5.74) is -0.000392. The first-order valence-electron chi connectivity index (χ1n) is 6.90. The quantitative estimate of drug-likeness (QED) is 0.689. The number of aliphatic hydroxyl groups is 1. The molecule has 0 aliphatic heterocycles. The third-order valence-electron chi connectivity index (χ3n) is 3.94. The highest BCUT2D eigenvalue weighted by molar-refractivity contribution is 7.98. The maximum Gasteiger partial charge on any atom is 0.0772 e. The van der Waals surface area contributed by atoms with E-state index >= 15 is 0 Å². The maximum atomic E-state index is 10.4. The van der Waals surface area contributed by atoms with Crippen molar-refractivity contribution in [1.82, 2.24) is 5.32 Å². The molecule has 1 saturated carbocycles. The van der Waals surface area contributed by atoms with E-state index in [-0.39, 0.29) is 0 Å². The number of hydrogen-bond donors (Lipinski definition) is 2. The highest BCUT2D eigenvalue weighted by atomic mass is 32.2. The van der Waals surface area contributed by atoms with E-state index in [0.29, 0.717) is 5.41 Å². The van der Waals surface area contributed by atoms with Crippen molar-refractivity contribution in [2.24, 2.45) is 5.41 Å². The van der Waals surface area contributed by atoms with E-state index in [1.165, 1.54) is 18.6 Å². The summed E-state index contributed by atoms with van der Waals surface area (Å²) in [6.07, 6.45) is 8.87. The first-order valence-corrected chi connectivity index (χ1v) is 8.29. The van der Waals surface area contributed by atoms with Crippen LogP contribution in [0.5, 0.6) is 0 Å². The molecule has 0 aromatic carbocycles. The minimum atomic E-state index is -0.435. The molecule has 2 N–H and O–H groups in total. The van der Waals surface area contributed by atoms with Crippen LogP contribution in [-0.4, -0.2) is 35.8 Å². The molecular formula is C14H29NOS. The fraction of sp³-hybridized carbons (Fsp3) is 1.00.